The van der Waals surface area contributed by atoms with E-state index in [1.807, 2.05) is 6.07 Å². The van der Waals surface area contributed by atoms with Gasteiger partial charge in [-0.3, -0.25) is 9.78 Å². The molecule has 1 aromatic carbocycles. The number of carbonyl (C=O) groups excluding carboxylic acids is 1. The Balaban J connectivity index is 1.43. The van der Waals surface area contributed by atoms with Crippen molar-refractivity contribution in [3.05, 3.63) is 53.7 Å². The van der Waals surface area contributed by atoms with Crippen LogP contribution in [0, 0.1) is 5.82 Å². The normalized spacial score (nSPS) is 20.3. The van der Waals surface area contributed by atoms with Gasteiger partial charge in [-0.05, 0) is 38.1 Å². The maximum absolute atomic E-state index is 14.5. The van der Waals surface area contributed by atoms with Crippen molar-refractivity contribution in [3.8, 4) is 22.8 Å². The highest BCUT2D eigenvalue weighted by Crippen LogP contribution is 2.54. The monoisotopic (exact) mass is 507 g/mol. The standard InChI is InChI=1S/C27H30FN5O4/c1-33-10-11-36-16(13-33)14-37-20-12-29-9-6-17(20)22-23(31-19-5-3-4-18(28)24(19)35-2)21-25(32-22)27(7-8-27)15-30-26(21)34/h3-6,9,12,16,31-32H,7-8,10-11,13-15H2,1-2H3,(H,30,34). The van der Waals surface area contributed by atoms with Gasteiger partial charge in [0.1, 0.15) is 18.5 Å². The van der Waals surface area contributed by atoms with Gasteiger partial charge in [0.15, 0.2) is 11.6 Å². The number of hydrogen-bond donors (Lipinski definition) is 3. The number of rotatable bonds is 7. The quantitative estimate of drug-likeness (QED) is 0.450. The minimum absolute atomic E-state index is 0.0571. The van der Waals surface area contributed by atoms with E-state index in [2.05, 4.69) is 32.5 Å². The molecule has 2 fully saturated rings. The van der Waals surface area contributed by atoms with Crippen molar-refractivity contribution in [3.63, 3.8) is 0 Å². The number of aromatic nitrogens is 2. The summed E-state index contributed by atoms with van der Waals surface area (Å²) in [5.41, 5.74) is 3.71. The molecule has 3 aromatic rings. The summed E-state index contributed by atoms with van der Waals surface area (Å²) in [5.74, 6) is -0.0297. The number of carbonyl (C=O) groups is 1. The predicted molar refractivity (Wildman–Crippen MR) is 136 cm³/mol. The van der Waals surface area contributed by atoms with Gasteiger partial charge in [-0.2, -0.15) is 0 Å². The van der Waals surface area contributed by atoms with E-state index < -0.39 is 5.82 Å². The molecule has 0 bridgehead atoms. The zero-order valence-corrected chi connectivity index (χ0v) is 20.9. The number of likely N-dealkylation sites (N-methyl/N-ethyl adjacent to an activating group) is 1. The molecule has 3 N–H and O–H groups in total. The Morgan fingerprint density at radius 3 is 2.97 bits per heavy atom. The number of ether oxygens (including phenoxy) is 3. The van der Waals surface area contributed by atoms with Crippen LogP contribution in [0.4, 0.5) is 15.8 Å². The number of hydrogen-bond acceptors (Lipinski definition) is 7. The first-order valence-electron chi connectivity index (χ1n) is 12.5. The number of halogens is 1. The average molecular weight is 508 g/mol. The molecule has 2 aliphatic heterocycles. The molecule has 194 valence electrons. The third-order valence-electron chi connectivity index (χ3n) is 7.45. The Morgan fingerprint density at radius 1 is 1.32 bits per heavy atom. The van der Waals surface area contributed by atoms with Gasteiger partial charge in [0, 0.05) is 42.5 Å². The number of fused-ring (bicyclic) bond motifs is 2. The fourth-order valence-corrected chi connectivity index (χ4v) is 5.26. The van der Waals surface area contributed by atoms with E-state index in [1.165, 1.54) is 13.2 Å². The summed E-state index contributed by atoms with van der Waals surface area (Å²) in [5, 5.41) is 6.35. The van der Waals surface area contributed by atoms with Crippen molar-refractivity contribution >= 4 is 17.3 Å². The van der Waals surface area contributed by atoms with Gasteiger partial charge in [-0.15, -0.1) is 0 Å². The smallest absolute Gasteiger partial charge is 0.255 e. The lowest BCUT2D eigenvalue weighted by molar-refractivity contribution is -0.0403. The highest BCUT2D eigenvalue weighted by atomic mass is 19.1. The molecule has 37 heavy (non-hydrogen) atoms. The maximum atomic E-state index is 14.5. The number of aromatic amines is 1. The number of morpholine rings is 1. The predicted octanol–water partition coefficient (Wildman–Crippen LogP) is 3.45. The molecule has 1 unspecified atom stereocenters. The molecule has 3 aliphatic rings. The van der Waals surface area contributed by atoms with E-state index >= 15 is 0 Å². The molecule has 4 heterocycles. The SMILES string of the molecule is COc1c(F)cccc1Nc1c(-c2ccncc2OCC2CN(C)CCO2)[nH]c2c1C(=O)NCC21CC1. The van der Waals surface area contributed by atoms with Gasteiger partial charge in [-0.1, -0.05) is 6.07 Å². The van der Waals surface area contributed by atoms with E-state index in [-0.39, 0.29) is 23.2 Å². The summed E-state index contributed by atoms with van der Waals surface area (Å²) < 4.78 is 31.9. The third-order valence-corrected chi connectivity index (χ3v) is 7.45. The Morgan fingerprint density at radius 2 is 2.19 bits per heavy atom. The van der Waals surface area contributed by atoms with Gasteiger partial charge >= 0.3 is 0 Å². The first-order chi connectivity index (χ1) is 18.0. The molecule has 6 rings (SSSR count). The van der Waals surface area contributed by atoms with E-state index in [0.29, 0.717) is 48.1 Å². The Bertz CT molecular complexity index is 1340. The van der Waals surface area contributed by atoms with Gasteiger partial charge in [0.25, 0.3) is 5.91 Å². The Kier molecular flexibility index (Phi) is 6.00. The second-order valence-electron chi connectivity index (χ2n) is 9.97. The van der Waals surface area contributed by atoms with Crippen molar-refractivity contribution in [2.45, 2.75) is 24.4 Å². The van der Waals surface area contributed by atoms with Crippen molar-refractivity contribution in [1.29, 1.82) is 0 Å². The largest absolute Gasteiger partial charge is 0.492 e. The maximum Gasteiger partial charge on any atom is 0.255 e. The van der Waals surface area contributed by atoms with Crippen LogP contribution in [0.2, 0.25) is 0 Å². The molecular formula is C27H30FN5O4. The van der Waals surface area contributed by atoms with Crippen LogP contribution in [0.5, 0.6) is 11.5 Å². The topological polar surface area (TPSA) is 101 Å². The number of pyridine rings is 1. The van der Waals surface area contributed by atoms with Gasteiger partial charge in [-0.25, -0.2) is 4.39 Å². The zero-order chi connectivity index (χ0) is 25.6. The van der Waals surface area contributed by atoms with Gasteiger partial charge < -0.3 is 34.7 Å². The molecular weight excluding hydrogens is 477 g/mol. The minimum Gasteiger partial charge on any atom is -0.492 e. The van der Waals surface area contributed by atoms with Crippen LogP contribution < -0.4 is 20.1 Å². The van der Waals surface area contributed by atoms with Crippen LogP contribution >= 0.6 is 0 Å². The average Bonchev–Trinajstić information content (AvgIpc) is 3.58. The molecule has 1 spiro atoms. The number of methoxy groups -OCH3 is 1. The first kappa shape index (κ1) is 23.7. The number of benzene rings is 1. The molecule has 1 saturated heterocycles. The van der Waals surface area contributed by atoms with Crippen LogP contribution in [0.25, 0.3) is 11.3 Å². The number of nitrogens with one attached hydrogen (secondary N) is 3. The highest BCUT2D eigenvalue weighted by molar-refractivity contribution is 6.07. The number of nitrogens with zero attached hydrogens (tertiary/aromatic N) is 2. The molecule has 0 radical (unpaired) electrons. The van der Waals surface area contributed by atoms with Crippen LogP contribution in [0.1, 0.15) is 28.9 Å². The minimum atomic E-state index is -0.494. The van der Waals surface area contributed by atoms with E-state index in [4.69, 9.17) is 14.2 Å². The number of H-pyrrole nitrogens is 1. The van der Waals surface area contributed by atoms with Crippen LogP contribution in [0.15, 0.2) is 36.7 Å². The Labute approximate surface area is 214 Å². The summed E-state index contributed by atoms with van der Waals surface area (Å²) in [6.07, 6.45) is 5.26. The summed E-state index contributed by atoms with van der Waals surface area (Å²) in [4.78, 5) is 23.2. The van der Waals surface area contributed by atoms with Gasteiger partial charge in [0.2, 0.25) is 0 Å². The number of amides is 1. The summed E-state index contributed by atoms with van der Waals surface area (Å²) in [6.45, 7) is 3.29. The third kappa shape index (κ3) is 4.30. The van der Waals surface area contributed by atoms with Crippen molar-refractivity contribution in [2.75, 3.05) is 52.3 Å². The molecule has 10 heteroatoms. The number of anilines is 2. The van der Waals surface area contributed by atoms with Gasteiger partial charge in [0.05, 0.1) is 42.5 Å². The second-order valence-corrected chi connectivity index (χ2v) is 9.97. The van der Waals surface area contributed by atoms with E-state index in [0.717, 1.165) is 37.2 Å². The lowest BCUT2D eigenvalue weighted by atomic mass is 9.93. The summed E-state index contributed by atoms with van der Waals surface area (Å²) in [7, 11) is 3.48. The fraction of sp³-hybridized carbons (Fsp3) is 0.407. The molecule has 1 amide bonds. The fourth-order valence-electron chi connectivity index (χ4n) is 5.26. The summed E-state index contributed by atoms with van der Waals surface area (Å²) >= 11 is 0. The van der Waals surface area contributed by atoms with Crippen LogP contribution in [-0.2, 0) is 10.2 Å². The van der Waals surface area contributed by atoms with Crippen molar-refractivity contribution in [2.24, 2.45) is 0 Å². The van der Waals surface area contributed by atoms with Crippen molar-refractivity contribution < 1.29 is 23.4 Å². The molecule has 1 atom stereocenters. The highest BCUT2D eigenvalue weighted by Gasteiger charge is 2.51. The molecule has 9 nitrogen and oxygen atoms in total. The van der Waals surface area contributed by atoms with E-state index in [1.54, 1.807) is 24.5 Å². The van der Waals surface area contributed by atoms with Crippen molar-refractivity contribution in [1.82, 2.24) is 20.2 Å². The Hall–Kier alpha value is -3.63. The van der Waals surface area contributed by atoms with Crippen LogP contribution in [-0.4, -0.2) is 73.9 Å². The molecule has 1 aliphatic carbocycles. The number of para-hydroxylation sites is 1. The lowest BCUT2D eigenvalue weighted by Gasteiger charge is -2.30. The zero-order valence-electron chi connectivity index (χ0n) is 20.9. The van der Waals surface area contributed by atoms with Crippen LogP contribution in [0.3, 0.4) is 0 Å². The first-order valence-corrected chi connectivity index (χ1v) is 12.5. The van der Waals surface area contributed by atoms with E-state index in [9.17, 15) is 9.18 Å². The summed E-state index contributed by atoms with van der Waals surface area (Å²) in [6, 6.07) is 6.51. The molecule has 1 saturated carbocycles. The molecule has 2 aromatic heterocycles. The lowest BCUT2D eigenvalue weighted by Crippen LogP contribution is -2.42. The second kappa shape index (κ2) is 9.35.